The lowest BCUT2D eigenvalue weighted by molar-refractivity contribution is 0.0773. The first-order chi connectivity index (χ1) is 12.1. The molecular formula is C20H28N2O3. The quantitative estimate of drug-likeness (QED) is 0.831. The number of rotatable bonds is 5. The van der Waals surface area contributed by atoms with Crippen LogP contribution in [0.25, 0.3) is 0 Å². The molecule has 25 heavy (non-hydrogen) atoms. The molecule has 0 aromatic heterocycles. The molecule has 0 spiro atoms. The van der Waals surface area contributed by atoms with E-state index in [0.29, 0.717) is 30.1 Å². The lowest BCUT2D eigenvalue weighted by atomic mass is 9.95. The van der Waals surface area contributed by atoms with Crippen LogP contribution in [-0.4, -0.2) is 65.9 Å². The summed E-state index contributed by atoms with van der Waals surface area (Å²) in [6, 6.07) is 7.02. The molecule has 1 aromatic carbocycles. The van der Waals surface area contributed by atoms with E-state index >= 15 is 0 Å². The fraction of sp³-hybridized carbons (Fsp3) is 0.600. The van der Waals surface area contributed by atoms with Crippen molar-refractivity contribution >= 4 is 11.7 Å². The molecule has 136 valence electrons. The van der Waals surface area contributed by atoms with Gasteiger partial charge in [-0.05, 0) is 44.8 Å². The molecule has 0 saturated carbocycles. The van der Waals surface area contributed by atoms with Gasteiger partial charge in [0.15, 0.2) is 5.78 Å². The molecule has 2 atom stereocenters. The van der Waals surface area contributed by atoms with Gasteiger partial charge in [0.2, 0.25) is 0 Å². The second-order valence-corrected chi connectivity index (χ2v) is 7.38. The van der Waals surface area contributed by atoms with E-state index in [0.717, 1.165) is 19.6 Å². The lowest BCUT2D eigenvalue weighted by Gasteiger charge is -2.30. The van der Waals surface area contributed by atoms with Gasteiger partial charge in [-0.25, -0.2) is 0 Å². The summed E-state index contributed by atoms with van der Waals surface area (Å²) < 4.78 is 0. The molecule has 2 heterocycles. The van der Waals surface area contributed by atoms with E-state index < -0.39 is 0 Å². The molecule has 5 heteroatoms. The number of aliphatic hydroxyl groups is 1. The number of hydrogen-bond donors (Lipinski definition) is 1. The molecule has 0 aliphatic carbocycles. The Hall–Kier alpha value is -1.72. The summed E-state index contributed by atoms with van der Waals surface area (Å²) in [5, 5.41) is 9.77. The van der Waals surface area contributed by atoms with Crippen LogP contribution in [0.1, 0.15) is 46.9 Å². The predicted molar refractivity (Wildman–Crippen MR) is 96.7 cm³/mol. The number of amides is 1. The minimum atomic E-state index is -0.0922. The van der Waals surface area contributed by atoms with Crippen LogP contribution >= 0.6 is 0 Å². The Bertz CT molecular complexity index is 625. The minimum absolute atomic E-state index is 0.0910. The van der Waals surface area contributed by atoms with Gasteiger partial charge in [-0.3, -0.25) is 9.59 Å². The Labute approximate surface area is 149 Å². The maximum Gasteiger partial charge on any atom is 0.254 e. The van der Waals surface area contributed by atoms with Gasteiger partial charge in [-0.1, -0.05) is 24.6 Å². The molecule has 2 aliphatic heterocycles. The van der Waals surface area contributed by atoms with E-state index in [-0.39, 0.29) is 24.2 Å². The molecule has 1 N–H and O–H groups in total. The van der Waals surface area contributed by atoms with Crippen LogP contribution in [0.5, 0.6) is 0 Å². The van der Waals surface area contributed by atoms with Gasteiger partial charge in [0, 0.05) is 37.7 Å². The normalized spacial score (nSPS) is 24.5. The number of carbonyl (C=O) groups excluding carboxylic acids is 2. The smallest absolute Gasteiger partial charge is 0.254 e. The molecular weight excluding hydrogens is 316 g/mol. The molecule has 1 amide bonds. The number of piperidine rings is 1. The Morgan fingerprint density at radius 3 is 2.32 bits per heavy atom. The van der Waals surface area contributed by atoms with Crippen LogP contribution < -0.4 is 0 Å². The summed E-state index contributed by atoms with van der Waals surface area (Å²) in [4.78, 5) is 29.0. The Kier molecular flexibility index (Phi) is 5.86. The van der Waals surface area contributed by atoms with Crippen LogP contribution in [0.4, 0.5) is 0 Å². The van der Waals surface area contributed by atoms with Gasteiger partial charge in [-0.15, -0.1) is 0 Å². The highest BCUT2D eigenvalue weighted by Crippen LogP contribution is 2.27. The maximum atomic E-state index is 12.9. The monoisotopic (exact) mass is 344 g/mol. The molecule has 0 radical (unpaired) electrons. The van der Waals surface area contributed by atoms with Gasteiger partial charge in [0.1, 0.15) is 0 Å². The van der Waals surface area contributed by atoms with Crippen molar-refractivity contribution in [1.29, 1.82) is 0 Å². The average molecular weight is 344 g/mol. The summed E-state index contributed by atoms with van der Waals surface area (Å²) in [5.41, 5.74) is 0.956. The SMILES string of the molecule is CC(=O)c1ccccc1C(=O)N1C[C@@H](CN2CCCCC2)[C@@H](CO)C1. The van der Waals surface area contributed by atoms with Gasteiger partial charge in [-0.2, -0.15) is 0 Å². The zero-order valence-corrected chi connectivity index (χ0v) is 15.0. The average Bonchev–Trinajstić information content (AvgIpc) is 3.04. The third-order valence-electron chi connectivity index (χ3n) is 5.58. The van der Waals surface area contributed by atoms with Crippen molar-refractivity contribution < 1.29 is 14.7 Å². The predicted octanol–water partition coefficient (Wildman–Crippen LogP) is 2.06. The van der Waals surface area contributed by atoms with E-state index in [1.165, 1.54) is 26.2 Å². The first kappa shape index (κ1) is 18.1. The van der Waals surface area contributed by atoms with E-state index in [9.17, 15) is 14.7 Å². The van der Waals surface area contributed by atoms with Crippen molar-refractivity contribution in [3.63, 3.8) is 0 Å². The molecule has 0 unspecified atom stereocenters. The van der Waals surface area contributed by atoms with E-state index in [1.807, 2.05) is 4.90 Å². The lowest BCUT2D eigenvalue weighted by Crippen LogP contribution is -2.37. The fourth-order valence-corrected chi connectivity index (χ4v) is 4.14. The van der Waals surface area contributed by atoms with Crippen molar-refractivity contribution in [2.75, 3.05) is 39.3 Å². The van der Waals surface area contributed by atoms with Crippen molar-refractivity contribution in [2.45, 2.75) is 26.2 Å². The third-order valence-corrected chi connectivity index (χ3v) is 5.58. The Morgan fingerprint density at radius 2 is 1.68 bits per heavy atom. The number of hydrogen-bond acceptors (Lipinski definition) is 4. The van der Waals surface area contributed by atoms with Crippen molar-refractivity contribution in [3.8, 4) is 0 Å². The summed E-state index contributed by atoms with van der Waals surface area (Å²) in [6.45, 7) is 6.02. The molecule has 2 saturated heterocycles. The topological polar surface area (TPSA) is 60.9 Å². The van der Waals surface area contributed by atoms with E-state index in [2.05, 4.69) is 4.90 Å². The minimum Gasteiger partial charge on any atom is -0.396 e. The number of ketones is 1. The third kappa shape index (κ3) is 4.10. The van der Waals surface area contributed by atoms with Crippen molar-refractivity contribution in [1.82, 2.24) is 9.80 Å². The highest BCUT2D eigenvalue weighted by molar-refractivity contribution is 6.07. The first-order valence-corrected chi connectivity index (χ1v) is 9.32. The number of likely N-dealkylation sites (tertiary alicyclic amines) is 2. The van der Waals surface area contributed by atoms with E-state index in [4.69, 9.17) is 0 Å². The van der Waals surface area contributed by atoms with Gasteiger partial charge in [0.25, 0.3) is 5.91 Å². The fourth-order valence-electron chi connectivity index (χ4n) is 4.14. The summed E-state index contributed by atoms with van der Waals surface area (Å²) in [7, 11) is 0. The first-order valence-electron chi connectivity index (χ1n) is 9.32. The van der Waals surface area contributed by atoms with E-state index in [1.54, 1.807) is 24.3 Å². The number of benzene rings is 1. The number of nitrogens with zero attached hydrogens (tertiary/aromatic N) is 2. The number of aliphatic hydroxyl groups excluding tert-OH is 1. The zero-order chi connectivity index (χ0) is 17.8. The standard InChI is InChI=1S/C20H28N2O3/c1-15(24)18-7-3-4-8-19(18)20(25)22-12-16(17(13-22)14-23)11-21-9-5-2-6-10-21/h3-4,7-8,16-17,23H,2,5-6,9-14H2,1H3/t16-,17-/m1/s1. The Morgan fingerprint density at radius 1 is 1.04 bits per heavy atom. The molecule has 0 bridgehead atoms. The van der Waals surface area contributed by atoms with Crippen molar-refractivity contribution in [2.24, 2.45) is 11.8 Å². The van der Waals surface area contributed by atoms with Crippen LogP contribution in [0.3, 0.4) is 0 Å². The highest BCUT2D eigenvalue weighted by atomic mass is 16.3. The van der Waals surface area contributed by atoms with Crippen LogP contribution in [0.15, 0.2) is 24.3 Å². The van der Waals surface area contributed by atoms with Crippen LogP contribution in [-0.2, 0) is 0 Å². The van der Waals surface area contributed by atoms with Gasteiger partial charge in [0.05, 0.1) is 5.56 Å². The van der Waals surface area contributed by atoms with Crippen LogP contribution in [0, 0.1) is 11.8 Å². The van der Waals surface area contributed by atoms with Crippen molar-refractivity contribution in [3.05, 3.63) is 35.4 Å². The molecule has 5 nitrogen and oxygen atoms in total. The highest BCUT2D eigenvalue weighted by Gasteiger charge is 2.36. The number of Topliss-reactive ketones (excluding diaryl/α,β-unsaturated/α-hetero) is 1. The summed E-state index contributed by atoms with van der Waals surface area (Å²) >= 11 is 0. The molecule has 2 aliphatic rings. The second-order valence-electron chi connectivity index (χ2n) is 7.38. The number of carbonyl (C=O) groups is 2. The maximum absolute atomic E-state index is 12.9. The zero-order valence-electron chi connectivity index (χ0n) is 15.0. The molecule has 1 aromatic rings. The van der Waals surface area contributed by atoms with Crippen LogP contribution in [0.2, 0.25) is 0 Å². The Balaban J connectivity index is 1.71. The molecule has 3 rings (SSSR count). The largest absolute Gasteiger partial charge is 0.396 e. The molecule has 2 fully saturated rings. The van der Waals surface area contributed by atoms with Gasteiger partial charge < -0.3 is 14.9 Å². The summed E-state index contributed by atoms with van der Waals surface area (Å²) in [5.74, 6) is 0.240. The second kappa shape index (κ2) is 8.11. The van der Waals surface area contributed by atoms with Gasteiger partial charge >= 0.3 is 0 Å². The summed E-state index contributed by atoms with van der Waals surface area (Å²) in [6.07, 6.45) is 3.79.